The van der Waals surface area contributed by atoms with Crippen LogP contribution < -0.4 is 5.56 Å². The summed E-state index contributed by atoms with van der Waals surface area (Å²) in [5.41, 5.74) is 2.80. The maximum atomic E-state index is 12.5. The normalized spacial score (nSPS) is 17.3. The molecule has 1 N–H and O–H groups in total. The predicted octanol–water partition coefficient (Wildman–Crippen LogP) is 4.82. The number of rotatable bonds is 6. The number of hydrogen-bond acceptors (Lipinski definition) is 5. The molecule has 6 nitrogen and oxygen atoms in total. The van der Waals surface area contributed by atoms with E-state index < -0.39 is 0 Å². The van der Waals surface area contributed by atoms with E-state index in [4.69, 9.17) is 14.7 Å². The Balaban J connectivity index is 1.48. The lowest BCUT2D eigenvalue weighted by Gasteiger charge is -2.17. The van der Waals surface area contributed by atoms with Gasteiger partial charge >= 0.3 is 0 Å². The summed E-state index contributed by atoms with van der Waals surface area (Å²) in [7, 11) is 0. The average Bonchev–Trinajstić information content (AvgIpc) is 3.45. The third-order valence-electron chi connectivity index (χ3n) is 5.60. The lowest BCUT2D eigenvalue weighted by molar-refractivity contribution is 0.0953. The third-order valence-corrected chi connectivity index (χ3v) is 6.71. The number of aromatic nitrogens is 4. The molecule has 2 aromatic heterocycles. The molecule has 2 aromatic carbocycles. The molecular formula is C24H24N4O2S. The van der Waals surface area contributed by atoms with Crippen LogP contribution in [0.4, 0.5) is 0 Å². The first-order valence-electron chi connectivity index (χ1n) is 10.6. The first-order chi connectivity index (χ1) is 15.2. The van der Waals surface area contributed by atoms with E-state index in [1.807, 2.05) is 49.5 Å². The van der Waals surface area contributed by atoms with Crippen LogP contribution in [0.2, 0.25) is 0 Å². The van der Waals surface area contributed by atoms with E-state index in [0.717, 1.165) is 42.4 Å². The Morgan fingerprint density at radius 3 is 2.81 bits per heavy atom. The second-order valence-electron chi connectivity index (χ2n) is 7.77. The van der Waals surface area contributed by atoms with Crippen LogP contribution in [0.15, 0.2) is 70.7 Å². The van der Waals surface area contributed by atoms with Crippen LogP contribution in [0.25, 0.3) is 22.2 Å². The van der Waals surface area contributed by atoms with Crippen molar-refractivity contribution >= 4 is 22.7 Å². The average molecular weight is 433 g/mol. The number of hydrogen-bond donors (Lipinski definition) is 1. The second-order valence-corrected chi connectivity index (χ2v) is 9.07. The molecule has 7 heteroatoms. The van der Waals surface area contributed by atoms with E-state index in [2.05, 4.69) is 21.7 Å². The number of thioether (sulfide) groups is 1. The third kappa shape index (κ3) is 4.16. The van der Waals surface area contributed by atoms with Gasteiger partial charge in [-0.25, -0.2) is 9.97 Å². The quantitative estimate of drug-likeness (QED) is 0.442. The Kier molecular flexibility index (Phi) is 5.61. The van der Waals surface area contributed by atoms with E-state index in [-0.39, 0.29) is 16.9 Å². The number of para-hydroxylation sites is 1. The molecule has 0 unspecified atom stereocenters. The maximum absolute atomic E-state index is 12.5. The second kappa shape index (κ2) is 8.69. The van der Waals surface area contributed by atoms with Gasteiger partial charge in [-0.3, -0.25) is 4.79 Å². The molecule has 4 aromatic rings. The van der Waals surface area contributed by atoms with E-state index in [9.17, 15) is 4.79 Å². The summed E-state index contributed by atoms with van der Waals surface area (Å²) in [5.74, 6) is 0.654. The number of nitrogens with zero attached hydrogens (tertiary/aromatic N) is 3. The molecule has 1 fully saturated rings. The molecule has 0 spiro atoms. The number of ether oxygens (including phenoxy) is 1. The molecule has 0 bridgehead atoms. The number of H-pyrrole nitrogens is 1. The van der Waals surface area contributed by atoms with Gasteiger partial charge in [0.25, 0.3) is 5.56 Å². The van der Waals surface area contributed by atoms with E-state index in [1.54, 1.807) is 17.8 Å². The monoisotopic (exact) mass is 432 g/mol. The molecule has 31 heavy (non-hydrogen) atoms. The van der Waals surface area contributed by atoms with Crippen LogP contribution >= 0.6 is 11.8 Å². The van der Waals surface area contributed by atoms with Crippen LogP contribution in [0, 0.1) is 0 Å². The summed E-state index contributed by atoms with van der Waals surface area (Å²) in [6.45, 7) is 3.63. The summed E-state index contributed by atoms with van der Waals surface area (Å²) in [4.78, 5) is 24.9. The van der Waals surface area contributed by atoms with Crippen molar-refractivity contribution in [2.75, 3.05) is 6.61 Å². The zero-order valence-corrected chi connectivity index (χ0v) is 18.1. The molecule has 1 aliphatic rings. The highest BCUT2D eigenvalue weighted by molar-refractivity contribution is 7.99. The van der Waals surface area contributed by atoms with E-state index in [0.29, 0.717) is 16.7 Å². The Morgan fingerprint density at radius 1 is 1.19 bits per heavy atom. The molecule has 0 aliphatic carbocycles. The SMILES string of the molecule is C[C@@H](Sc1ncc(-c2ccccc2)n1C[C@@H]1CCCO1)c1nc2ccccc2c(=O)[nH]1. The Morgan fingerprint density at radius 2 is 2.00 bits per heavy atom. The van der Waals surface area contributed by atoms with Gasteiger partial charge in [0.15, 0.2) is 5.16 Å². The molecule has 158 valence electrons. The van der Waals surface area contributed by atoms with Crippen molar-refractivity contribution in [3.8, 4) is 11.3 Å². The van der Waals surface area contributed by atoms with Crippen LogP contribution in [0.3, 0.4) is 0 Å². The Labute approximate surface area is 184 Å². The Hall–Kier alpha value is -2.90. The number of fused-ring (bicyclic) bond motifs is 1. The van der Waals surface area contributed by atoms with Gasteiger partial charge in [-0.05, 0) is 37.5 Å². The van der Waals surface area contributed by atoms with Crippen molar-refractivity contribution in [2.24, 2.45) is 0 Å². The predicted molar refractivity (Wildman–Crippen MR) is 123 cm³/mol. The van der Waals surface area contributed by atoms with Crippen molar-refractivity contribution in [1.29, 1.82) is 0 Å². The van der Waals surface area contributed by atoms with Gasteiger partial charge in [0.05, 0.1) is 40.7 Å². The molecule has 0 radical (unpaired) electrons. The number of nitrogens with one attached hydrogen (secondary N) is 1. The fourth-order valence-electron chi connectivity index (χ4n) is 3.97. The van der Waals surface area contributed by atoms with Crippen LogP contribution in [-0.2, 0) is 11.3 Å². The molecule has 1 aliphatic heterocycles. The molecular weight excluding hydrogens is 408 g/mol. The minimum atomic E-state index is -0.110. The first-order valence-corrected chi connectivity index (χ1v) is 11.4. The summed E-state index contributed by atoms with van der Waals surface area (Å²) in [6, 6.07) is 17.7. The minimum Gasteiger partial charge on any atom is -0.376 e. The molecule has 0 saturated carbocycles. The first kappa shape index (κ1) is 20.0. The summed E-state index contributed by atoms with van der Waals surface area (Å²) in [5, 5.41) is 1.44. The summed E-state index contributed by atoms with van der Waals surface area (Å²) in [6.07, 6.45) is 4.28. The lowest BCUT2D eigenvalue weighted by Crippen LogP contribution is -2.17. The number of aromatic amines is 1. The van der Waals surface area contributed by atoms with Gasteiger partial charge < -0.3 is 14.3 Å². The van der Waals surface area contributed by atoms with Crippen molar-refractivity contribution in [3.05, 3.63) is 77.0 Å². The van der Waals surface area contributed by atoms with Gasteiger partial charge in [0.1, 0.15) is 5.82 Å². The number of imidazole rings is 1. The molecule has 2 atom stereocenters. The Bertz CT molecular complexity index is 1250. The standard InChI is InChI=1S/C24H24N4O2S/c1-16(22-26-20-12-6-5-11-19(20)23(29)27-22)31-24-25-14-21(17-8-3-2-4-9-17)28(24)15-18-10-7-13-30-18/h2-6,8-9,11-12,14,16,18H,7,10,13,15H2,1H3,(H,26,27,29)/t16-,18+/m1/s1. The maximum Gasteiger partial charge on any atom is 0.258 e. The van der Waals surface area contributed by atoms with Gasteiger partial charge in [0.2, 0.25) is 0 Å². The molecule has 3 heterocycles. The molecule has 0 amide bonds. The van der Waals surface area contributed by atoms with Crippen molar-refractivity contribution in [2.45, 2.75) is 42.8 Å². The van der Waals surface area contributed by atoms with Crippen molar-refractivity contribution in [1.82, 2.24) is 19.5 Å². The minimum absolute atomic E-state index is 0.0634. The van der Waals surface area contributed by atoms with Gasteiger partial charge in [0, 0.05) is 6.61 Å². The van der Waals surface area contributed by atoms with E-state index in [1.165, 1.54) is 0 Å². The largest absolute Gasteiger partial charge is 0.376 e. The molecule has 1 saturated heterocycles. The van der Waals surface area contributed by atoms with Crippen LogP contribution in [0.1, 0.15) is 30.8 Å². The van der Waals surface area contributed by atoms with Crippen molar-refractivity contribution < 1.29 is 4.74 Å². The smallest absolute Gasteiger partial charge is 0.258 e. The van der Waals surface area contributed by atoms with Gasteiger partial charge in [-0.1, -0.05) is 54.2 Å². The topological polar surface area (TPSA) is 72.8 Å². The lowest BCUT2D eigenvalue weighted by atomic mass is 10.1. The number of benzene rings is 2. The molecule has 5 rings (SSSR count). The highest BCUT2D eigenvalue weighted by atomic mass is 32.2. The van der Waals surface area contributed by atoms with Crippen LogP contribution in [-0.4, -0.2) is 32.2 Å². The zero-order valence-electron chi connectivity index (χ0n) is 17.3. The summed E-state index contributed by atoms with van der Waals surface area (Å²) >= 11 is 1.60. The van der Waals surface area contributed by atoms with E-state index >= 15 is 0 Å². The van der Waals surface area contributed by atoms with Gasteiger partial charge in [-0.2, -0.15) is 0 Å². The fraction of sp³-hybridized carbons (Fsp3) is 0.292. The van der Waals surface area contributed by atoms with Crippen molar-refractivity contribution in [3.63, 3.8) is 0 Å². The van der Waals surface area contributed by atoms with Crippen LogP contribution in [0.5, 0.6) is 0 Å². The summed E-state index contributed by atoms with van der Waals surface area (Å²) < 4.78 is 8.15. The fourth-order valence-corrected chi connectivity index (χ4v) is 4.92. The highest BCUT2D eigenvalue weighted by Crippen LogP contribution is 2.35. The highest BCUT2D eigenvalue weighted by Gasteiger charge is 2.23. The van der Waals surface area contributed by atoms with Gasteiger partial charge in [-0.15, -0.1) is 0 Å². The zero-order chi connectivity index (χ0) is 21.2.